The third-order valence-electron chi connectivity index (χ3n) is 3.31. The number of amides is 1. The molecule has 0 spiro atoms. The predicted octanol–water partition coefficient (Wildman–Crippen LogP) is 1.91. The molecule has 0 aromatic heterocycles. The van der Waals surface area contributed by atoms with E-state index >= 15 is 0 Å². The summed E-state index contributed by atoms with van der Waals surface area (Å²) in [5.41, 5.74) is 0. The van der Waals surface area contributed by atoms with E-state index in [4.69, 9.17) is 5.11 Å². The Bertz CT molecular complexity index is 323. The Labute approximate surface area is 102 Å². The van der Waals surface area contributed by atoms with Crippen LogP contribution in [0, 0.1) is 11.8 Å². The highest BCUT2D eigenvalue weighted by Gasteiger charge is 2.36. The minimum atomic E-state index is -0.868. The van der Waals surface area contributed by atoms with Crippen LogP contribution in [-0.2, 0) is 9.59 Å². The molecular formula is C13H21NO3. The minimum absolute atomic E-state index is 0.0285. The number of aliphatic carboxylic acids is 1. The van der Waals surface area contributed by atoms with E-state index in [2.05, 4.69) is 0 Å². The number of hydrogen-bond acceptors (Lipinski definition) is 2. The van der Waals surface area contributed by atoms with Crippen LogP contribution in [0.2, 0.25) is 0 Å². The number of allylic oxidation sites excluding steroid dienone is 2. The van der Waals surface area contributed by atoms with E-state index < -0.39 is 17.8 Å². The van der Waals surface area contributed by atoms with Crippen LogP contribution in [0.5, 0.6) is 0 Å². The second-order valence-electron chi connectivity index (χ2n) is 4.71. The molecule has 17 heavy (non-hydrogen) atoms. The fraction of sp³-hybridized carbons (Fsp3) is 0.692. The van der Waals surface area contributed by atoms with Crippen molar-refractivity contribution in [3.8, 4) is 0 Å². The molecule has 0 aromatic carbocycles. The maximum Gasteiger partial charge on any atom is 0.307 e. The normalized spacial score (nSPS) is 23.8. The standard InChI is InChI=1S/C13H21NO3/c1-4-14(9(2)3)12(15)10-7-5-6-8-11(10)13(16)17/h5-6,9-11H,4,7-8H2,1-3H3,(H,16,17)/t10-,11+/m1/s1. The average molecular weight is 239 g/mol. The Morgan fingerprint density at radius 3 is 2.24 bits per heavy atom. The molecule has 1 N–H and O–H groups in total. The summed E-state index contributed by atoms with van der Waals surface area (Å²) in [6.45, 7) is 6.46. The van der Waals surface area contributed by atoms with Crippen LogP contribution in [0.3, 0.4) is 0 Å². The van der Waals surface area contributed by atoms with Crippen molar-refractivity contribution >= 4 is 11.9 Å². The number of rotatable bonds is 4. The molecule has 1 rings (SSSR count). The van der Waals surface area contributed by atoms with E-state index in [9.17, 15) is 9.59 Å². The van der Waals surface area contributed by atoms with Crippen LogP contribution < -0.4 is 0 Å². The molecule has 1 aliphatic carbocycles. The highest BCUT2D eigenvalue weighted by molar-refractivity contribution is 5.85. The second kappa shape index (κ2) is 5.84. The Kier molecular flexibility index (Phi) is 4.73. The number of nitrogens with zero attached hydrogens (tertiary/aromatic N) is 1. The second-order valence-corrected chi connectivity index (χ2v) is 4.71. The molecule has 0 radical (unpaired) electrons. The van der Waals surface area contributed by atoms with Gasteiger partial charge in [0.1, 0.15) is 0 Å². The molecule has 4 nitrogen and oxygen atoms in total. The zero-order valence-electron chi connectivity index (χ0n) is 10.7. The van der Waals surface area contributed by atoms with Gasteiger partial charge < -0.3 is 10.0 Å². The first-order chi connectivity index (χ1) is 7.99. The van der Waals surface area contributed by atoms with Crippen molar-refractivity contribution in [1.82, 2.24) is 4.90 Å². The third kappa shape index (κ3) is 3.08. The maximum absolute atomic E-state index is 12.3. The molecular weight excluding hydrogens is 218 g/mol. The van der Waals surface area contributed by atoms with Gasteiger partial charge in [0.25, 0.3) is 0 Å². The van der Waals surface area contributed by atoms with E-state index in [1.54, 1.807) is 4.90 Å². The summed E-state index contributed by atoms with van der Waals surface area (Å²) in [6, 6.07) is 0.118. The molecule has 0 aromatic rings. The monoisotopic (exact) mass is 239 g/mol. The molecule has 0 bridgehead atoms. The van der Waals surface area contributed by atoms with Crippen LogP contribution in [-0.4, -0.2) is 34.5 Å². The van der Waals surface area contributed by atoms with Gasteiger partial charge in [-0.15, -0.1) is 0 Å². The van der Waals surface area contributed by atoms with Crippen LogP contribution in [0.1, 0.15) is 33.6 Å². The molecule has 0 saturated heterocycles. The van der Waals surface area contributed by atoms with Crippen LogP contribution in [0.15, 0.2) is 12.2 Å². The van der Waals surface area contributed by atoms with Crippen molar-refractivity contribution in [3.05, 3.63) is 12.2 Å². The summed E-state index contributed by atoms with van der Waals surface area (Å²) in [5, 5.41) is 9.15. The van der Waals surface area contributed by atoms with Gasteiger partial charge in [-0.2, -0.15) is 0 Å². The van der Waals surface area contributed by atoms with E-state index in [0.29, 0.717) is 19.4 Å². The molecule has 96 valence electrons. The molecule has 4 heteroatoms. The fourth-order valence-electron chi connectivity index (χ4n) is 2.35. The van der Waals surface area contributed by atoms with Gasteiger partial charge in [0.2, 0.25) is 5.91 Å². The highest BCUT2D eigenvalue weighted by Crippen LogP contribution is 2.28. The zero-order valence-corrected chi connectivity index (χ0v) is 10.7. The smallest absolute Gasteiger partial charge is 0.307 e. The first-order valence-corrected chi connectivity index (χ1v) is 6.17. The highest BCUT2D eigenvalue weighted by atomic mass is 16.4. The van der Waals surface area contributed by atoms with Crippen molar-refractivity contribution in [1.29, 1.82) is 0 Å². The molecule has 0 heterocycles. The van der Waals surface area contributed by atoms with Gasteiger partial charge in [-0.1, -0.05) is 12.2 Å². The maximum atomic E-state index is 12.3. The number of carboxylic acid groups (broad SMARTS) is 1. The van der Waals surface area contributed by atoms with E-state index in [1.165, 1.54) is 0 Å². The van der Waals surface area contributed by atoms with Gasteiger partial charge >= 0.3 is 5.97 Å². The Morgan fingerprint density at radius 1 is 1.29 bits per heavy atom. The van der Waals surface area contributed by atoms with Crippen LogP contribution in [0.4, 0.5) is 0 Å². The van der Waals surface area contributed by atoms with Gasteiger partial charge in [-0.3, -0.25) is 9.59 Å². The third-order valence-corrected chi connectivity index (χ3v) is 3.31. The average Bonchev–Trinajstić information content (AvgIpc) is 2.29. The Balaban J connectivity index is 2.85. The summed E-state index contributed by atoms with van der Waals surface area (Å²) < 4.78 is 0. The minimum Gasteiger partial charge on any atom is -0.481 e. The summed E-state index contributed by atoms with van der Waals surface area (Å²) in [4.78, 5) is 25.2. The summed E-state index contributed by atoms with van der Waals surface area (Å²) in [5.74, 6) is -1.87. The van der Waals surface area contributed by atoms with Gasteiger partial charge in [-0.05, 0) is 33.6 Å². The number of carbonyl (C=O) groups excluding carboxylic acids is 1. The van der Waals surface area contributed by atoms with Crippen molar-refractivity contribution in [3.63, 3.8) is 0 Å². The van der Waals surface area contributed by atoms with Crippen molar-refractivity contribution in [2.75, 3.05) is 6.54 Å². The lowest BCUT2D eigenvalue weighted by Crippen LogP contribution is -2.44. The van der Waals surface area contributed by atoms with Gasteiger partial charge in [-0.25, -0.2) is 0 Å². The predicted molar refractivity (Wildman–Crippen MR) is 65.5 cm³/mol. The van der Waals surface area contributed by atoms with Gasteiger partial charge in [0.05, 0.1) is 11.8 Å². The van der Waals surface area contributed by atoms with Crippen molar-refractivity contribution < 1.29 is 14.7 Å². The van der Waals surface area contributed by atoms with Crippen molar-refractivity contribution in [2.24, 2.45) is 11.8 Å². The molecule has 1 aliphatic rings. The molecule has 2 atom stereocenters. The summed E-state index contributed by atoms with van der Waals surface area (Å²) in [7, 11) is 0. The summed E-state index contributed by atoms with van der Waals surface area (Å²) >= 11 is 0. The lowest BCUT2D eigenvalue weighted by Gasteiger charge is -2.32. The Hall–Kier alpha value is -1.32. The lowest BCUT2D eigenvalue weighted by atomic mass is 9.82. The molecule has 0 aliphatic heterocycles. The first kappa shape index (κ1) is 13.7. The Morgan fingerprint density at radius 2 is 1.82 bits per heavy atom. The van der Waals surface area contributed by atoms with Crippen LogP contribution in [0.25, 0.3) is 0 Å². The zero-order chi connectivity index (χ0) is 13.0. The van der Waals surface area contributed by atoms with E-state index in [0.717, 1.165) is 0 Å². The van der Waals surface area contributed by atoms with Crippen molar-refractivity contribution in [2.45, 2.75) is 39.7 Å². The first-order valence-electron chi connectivity index (χ1n) is 6.17. The van der Waals surface area contributed by atoms with E-state index in [-0.39, 0.29) is 11.9 Å². The fourth-order valence-corrected chi connectivity index (χ4v) is 2.35. The van der Waals surface area contributed by atoms with E-state index in [1.807, 2.05) is 32.9 Å². The van der Waals surface area contributed by atoms with Crippen LogP contribution >= 0.6 is 0 Å². The van der Waals surface area contributed by atoms with Gasteiger partial charge in [0, 0.05) is 12.6 Å². The summed E-state index contributed by atoms with van der Waals surface area (Å²) in [6.07, 6.45) is 4.77. The number of hydrogen-bond donors (Lipinski definition) is 1. The quantitative estimate of drug-likeness (QED) is 0.762. The molecule has 0 fully saturated rings. The lowest BCUT2D eigenvalue weighted by molar-refractivity contribution is -0.151. The van der Waals surface area contributed by atoms with Gasteiger partial charge in [0.15, 0.2) is 0 Å². The number of carboxylic acids is 1. The number of carbonyl (C=O) groups is 2. The molecule has 0 saturated carbocycles. The topological polar surface area (TPSA) is 57.6 Å². The molecule has 0 unspecified atom stereocenters. The largest absolute Gasteiger partial charge is 0.481 e. The molecule has 1 amide bonds. The SMILES string of the molecule is CCN(C(=O)[C@@H]1CC=CC[C@@H]1C(=O)O)C(C)C.